The van der Waals surface area contributed by atoms with Crippen LogP contribution in [0.3, 0.4) is 0 Å². The van der Waals surface area contributed by atoms with E-state index in [1.165, 1.54) is 0 Å². The van der Waals surface area contributed by atoms with Crippen molar-refractivity contribution in [2.75, 3.05) is 7.11 Å². The lowest BCUT2D eigenvalue weighted by Gasteiger charge is -2.24. The Hall–Kier alpha value is -3.19. The standard InChI is InChI=1S/C9H9FN4O9/c1-4-3-5(23-2)8(11(15)16)6(7(4)10)9(12(17)18,13(19)20)14(21)22/h3,6,8H,1-2H3/t6-,8+/m0/s1. The van der Waals surface area contributed by atoms with Gasteiger partial charge in [0, 0.05) is 4.92 Å². The summed E-state index contributed by atoms with van der Waals surface area (Å²) in [5.74, 6) is -9.66. The summed E-state index contributed by atoms with van der Waals surface area (Å²) in [6.45, 7) is 0.988. The molecule has 0 spiro atoms. The van der Waals surface area contributed by atoms with Crippen LogP contribution >= 0.6 is 0 Å². The predicted octanol–water partition coefficient (Wildman–Crippen LogP) is 0.519. The number of allylic oxidation sites excluding steroid dienone is 2. The lowest BCUT2D eigenvalue weighted by Crippen LogP contribution is -2.63. The van der Waals surface area contributed by atoms with E-state index in [1.807, 2.05) is 0 Å². The molecule has 126 valence electrons. The highest BCUT2D eigenvalue weighted by molar-refractivity contribution is 5.32. The first-order valence-corrected chi connectivity index (χ1v) is 5.72. The Morgan fingerprint density at radius 1 is 1.09 bits per heavy atom. The molecule has 0 aromatic rings. The lowest BCUT2D eigenvalue weighted by molar-refractivity contribution is -0.980. The Balaban J connectivity index is 3.83. The molecule has 0 fully saturated rings. The van der Waals surface area contributed by atoms with Crippen LogP contribution in [-0.2, 0) is 4.74 Å². The zero-order valence-corrected chi connectivity index (χ0v) is 11.6. The van der Waals surface area contributed by atoms with Gasteiger partial charge in [0.1, 0.15) is 5.83 Å². The van der Waals surface area contributed by atoms with Gasteiger partial charge in [-0.3, -0.25) is 40.5 Å². The van der Waals surface area contributed by atoms with Crippen molar-refractivity contribution in [1.29, 1.82) is 0 Å². The smallest absolute Gasteiger partial charge is 0.494 e. The van der Waals surface area contributed by atoms with Gasteiger partial charge in [0.25, 0.3) is 0 Å². The predicted molar refractivity (Wildman–Crippen MR) is 66.9 cm³/mol. The van der Waals surface area contributed by atoms with Crippen LogP contribution < -0.4 is 0 Å². The zero-order valence-electron chi connectivity index (χ0n) is 11.6. The number of methoxy groups -OCH3 is 1. The fourth-order valence-corrected chi connectivity index (χ4v) is 2.24. The molecule has 0 amide bonds. The molecule has 0 bridgehead atoms. The van der Waals surface area contributed by atoms with Crippen LogP contribution in [0.5, 0.6) is 0 Å². The first-order chi connectivity index (χ1) is 10.5. The van der Waals surface area contributed by atoms with Gasteiger partial charge >= 0.3 is 17.7 Å². The van der Waals surface area contributed by atoms with Crippen LogP contribution in [0.4, 0.5) is 4.39 Å². The Morgan fingerprint density at radius 2 is 1.52 bits per heavy atom. The molecule has 14 heteroatoms. The van der Waals surface area contributed by atoms with E-state index < -0.39 is 54.6 Å². The van der Waals surface area contributed by atoms with Crippen molar-refractivity contribution in [2.24, 2.45) is 5.92 Å². The third-order valence-corrected chi connectivity index (χ3v) is 3.30. The first-order valence-electron chi connectivity index (χ1n) is 5.72. The van der Waals surface area contributed by atoms with Gasteiger partial charge in [-0.1, -0.05) is 0 Å². The third-order valence-electron chi connectivity index (χ3n) is 3.30. The number of nitro groups is 4. The molecule has 0 N–H and O–H groups in total. The number of nitrogens with zero attached hydrogens (tertiary/aromatic N) is 4. The minimum absolute atomic E-state index is 0.486. The molecule has 13 nitrogen and oxygen atoms in total. The molecule has 2 atom stereocenters. The topological polar surface area (TPSA) is 182 Å². The van der Waals surface area contributed by atoms with Gasteiger partial charge in [0.15, 0.2) is 20.5 Å². The molecule has 0 saturated heterocycles. The quantitative estimate of drug-likeness (QED) is 0.379. The zero-order chi connectivity index (χ0) is 18.1. The van der Waals surface area contributed by atoms with Gasteiger partial charge in [-0.2, -0.15) is 0 Å². The second-order valence-electron chi connectivity index (χ2n) is 4.45. The van der Waals surface area contributed by atoms with Crippen molar-refractivity contribution in [1.82, 2.24) is 0 Å². The molecule has 0 saturated carbocycles. The Bertz CT molecular complexity index is 621. The highest BCUT2D eigenvalue weighted by Gasteiger charge is 2.83. The van der Waals surface area contributed by atoms with Crippen molar-refractivity contribution in [2.45, 2.75) is 18.8 Å². The number of hydrogen-bond donors (Lipinski definition) is 0. The highest BCUT2D eigenvalue weighted by Crippen LogP contribution is 2.41. The van der Waals surface area contributed by atoms with E-state index in [9.17, 15) is 44.8 Å². The lowest BCUT2D eigenvalue weighted by atomic mass is 9.84. The van der Waals surface area contributed by atoms with Gasteiger partial charge in [-0.15, -0.1) is 0 Å². The van der Waals surface area contributed by atoms with Crippen LogP contribution in [0, 0.1) is 46.4 Å². The number of halogens is 1. The third kappa shape index (κ3) is 2.43. The molecule has 1 aliphatic carbocycles. The molecule has 0 radical (unpaired) electrons. The molecular formula is C9H9FN4O9. The monoisotopic (exact) mass is 336 g/mol. The van der Waals surface area contributed by atoms with Gasteiger partial charge < -0.3 is 4.74 Å². The normalized spacial score (nSPS) is 21.4. The van der Waals surface area contributed by atoms with Crippen LogP contribution in [-0.4, -0.2) is 38.6 Å². The summed E-state index contributed by atoms with van der Waals surface area (Å²) in [5, 5.41) is 44.3. The number of ether oxygens (including phenoxy) is 1. The molecule has 1 aliphatic rings. The number of rotatable bonds is 6. The van der Waals surface area contributed by atoms with Crippen LogP contribution in [0.25, 0.3) is 0 Å². The molecule has 23 heavy (non-hydrogen) atoms. The first kappa shape index (κ1) is 17.9. The summed E-state index contributed by atoms with van der Waals surface area (Å²) in [7, 11) is 0.905. The van der Waals surface area contributed by atoms with E-state index in [1.54, 1.807) is 0 Å². The minimum Gasteiger partial charge on any atom is -0.494 e. The van der Waals surface area contributed by atoms with Crippen molar-refractivity contribution >= 4 is 0 Å². The average Bonchev–Trinajstić information content (AvgIpc) is 2.41. The molecule has 0 aliphatic heterocycles. The molecule has 0 aromatic carbocycles. The molecule has 0 unspecified atom stereocenters. The number of hydrogen-bond acceptors (Lipinski definition) is 9. The van der Waals surface area contributed by atoms with Crippen molar-refractivity contribution in [3.05, 3.63) is 63.7 Å². The second kappa shape index (κ2) is 5.90. The van der Waals surface area contributed by atoms with E-state index >= 15 is 0 Å². The van der Waals surface area contributed by atoms with Gasteiger partial charge in [0.05, 0.1) is 7.11 Å². The van der Waals surface area contributed by atoms with Gasteiger partial charge in [-0.05, 0) is 18.6 Å². The fraction of sp³-hybridized carbons (Fsp3) is 0.556. The summed E-state index contributed by atoms with van der Waals surface area (Å²) in [6.07, 6.45) is 0.796. The molecule has 0 aromatic heterocycles. The van der Waals surface area contributed by atoms with Crippen LogP contribution in [0.1, 0.15) is 6.92 Å². The van der Waals surface area contributed by atoms with Crippen molar-refractivity contribution in [3.8, 4) is 0 Å². The SMILES string of the molecule is COC1=CC(C)=C(F)[C@H](C([N+](=O)[O-])([N+](=O)[O-])[N+](=O)[O-])[C@@H]1[N+](=O)[O-]. The minimum atomic E-state index is -4.37. The molecular weight excluding hydrogens is 327 g/mol. The van der Waals surface area contributed by atoms with Crippen LogP contribution in [0.15, 0.2) is 23.2 Å². The van der Waals surface area contributed by atoms with Gasteiger partial charge in [-0.25, -0.2) is 4.39 Å². The van der Waals surface area contributed by atoms with E-state index in [0.29, 0.717) is 0 Å². The fourth-order valence-electron chi connectivity index (χ4n) is 2.24. The summed E-state index contributed by atoms with van der Waals surface area (Å²) < 4.78 is 18.9. The maximum absolute atomic E-state index is 14.3. The van der Waals surface area contributed by atoms with Gasteiger partial charge in [0.2, 0.25) is 0 Å². The van der Waals surface area contributed by atoms with E-state index in [4.69, 9.17) is 0 Å². The van der Waals surface area contributed by atoms with E-state index in [-0.39, 0.29) is 0 Å². The summed E-state index contributed by atoms with van der Waals surface area (Å²) >= 11 is 0. The van der Waals surface area contributed by atoms with E-state index in [0.717, 1.165) is 20.1 Å². The van der Waals surface area contributed by atoms with Crippen LogP contribution in [0.2, 0.25) is 0 Å². The summed E-state index contributed by atoms with van der Waals surface area (Å²) in [4.78, 5) is 37.2. The summed E-state index contributed by atoms with van der Waals surface area (Å²) in [5.41, 5.74) is -0.486. The molecule has 0 heterocycles. The second-order valence-corrected chi connectivity index (χ2v) is 4.45. The maximum atomic E-state index is 14.3. The van der Waals surface area contributed by atoms with Crippen molar-refractivity contribution < 1.29 is 28.8 Å². The highest BCUT2D eigenvalue weighted by atomic mass is 19.1. The van der Waals surface area contributed by atoms with E-state index in [2.05, 4.69) is 4.74 Å². The largest absolute Gasteiger partial charge is 0.716 e. The average molecular weight is 336 g/mol. The maximum Gasteiger partial charge on any atom is 0.716 e. The van der Waals surface area contributed by atoms with Crippen molar-refractivity contribution in [3.63, 3.8) is 0 Å². The Kier molecular flexibility index (Phi) is 4.58. The Morgan fingerprint density at radius 3 is 1.83 bits per heavy atom. The Labute approximate surface area is 125 Å². The molecule has 1 rings (SSSR count). The summed E-state index contributed by atoms with van der Waals surface area (Å²) in [6, 6.07) is -2.51.